The Morgan fingerprint density at radius 3 is 2.45 bits per heavy atom. The van der Waals surface area contributed by atoms with E-state index in [2.05, 4.69) is 0 Å². The van der Waals surface area contributed by atoms with Crippen molar-refractivity contribution in [3.8, 4) is 0 Å². The van der Waals surface area contributed by atoms with Gasteiger partial charge in [0.05, 0.1) is 18.8 Å². The molecule has 2 fully saturated rings. The van der Waals surface area contributed by atoms with E-state index < -0.39 is 46.6 Å². The van der Waals surface area contributed by atoms with Gasteiger partial charge < -0.3 is 23.7 Å². The standard InChI is InChI=1S/C24H32O8S/c1-7-28-16-9-14-13(4)18(20(25)29-8-2)19-17(15(14)10-30-16)12(3)11-33-24(19)21(26)31-23(5,6)32-22(24)27/h10,13-14,16,18-19H,7-9,11H2,1-6H3/t13-,14-,16+,18-,19-/m0/s1. The minimum absolute atomic E-state index is 0.0434. The van der Waals surface area contributed by atoms with Crippen molar-refractivity contribution in [2.75, 3.05) is 19.0 Å². The molecule has 1 saturated carbocycles. The molecule has 0 aromatic rings. The van der Waals surface area contributed by atoms with Crippen molar-refractivity contribution in [3.05, 3.63) is 23.0 Å². The molecule has 0 radical (unpaired) electrons. The lowest BCUT2D eigenvalue weighted by molar-refractivity contribution is -0.239. The van der Waals surface area contributed by atoms with Crippen LogP contribution in [-0.2, 0) is 38.1 Å². The van der Waals surface area contributed by atoms with E-state index >= 15 is 0 Å². The Bertz CT molecular complexity index is 899. The second kappa shape index (κ2) is 8.65. The van der Waals surface area contributed by atoms with Crippen LogP contribution in [0.15, 0.2) is 23.0 Å². The zero-order valence-electron chi connectivity index (χ0n) is 20.0. The van der Waals surface area contributed by atoms with Crippen LogP contribution in [0.2, 0.25) is 0 Å². The minimum Gasteiger partial charge on any atom is -0.472 e. The third kappa shape index (κ3) is 3.77. The quantitative estimate of drug-likeness (QED) is 0.443. The van der Waals surface area contributed by atoms with Crippen LogP contribution in [0, 0.1) is 23.7 Å². The smallest absolute Gasteiger partial charge is 0.337 e. The summed E-state index contributed by atoms with van der Waals surface area (Å²) in [6, 6.07) is 0. The number of esters is 3. The normalized spacial score (nSPS) is 34.4. The van der Waals surface area contributed by atoms with Gasteiger partial charge in [0.15, 0.2) is 6.29 Å². The van der Waals surface area contributed by atoms with Gasteiger partial charge in [-0.05, 0) is 43.8 Å². The van der Waals surface area contributed by atoms with E-state index in [-0.39, 0.29) is 18.4 Å². The highest BCUT2D eigenvalue weighted by atomic mass is 32.2. The fourth-order valence-electron chi connectivity index (χ4n) is 5.61. The highest BCUT2D eigenvalue weighted by Crippen LogP contribution is 2.60. The van der Waals surface area contributed by atoms with Gasteiger partial charge >= 0.3 is 17.9 Å². The van der Waals surface area contributed by atoms with Crippen molar-refractivity contribution in [2.24, 2.45) is 23.7 Å². The van der Waals surface area contributed by atoms with E-state index in [0.717, 1.165) is 16.7 Å². The lowest BCUT2D eigenvalue weighted by Crippen LogP contribution is -2.66. The van der Waals surface area contributed by atoms with E-state index in [1.165, 1.54) is 25.6 Å². The van der Waals surface area contributed by atoms with Crippen molar-refractivity contribution >= 4 is 29.7 Å². The van der Waals surface area contributed by atoms with E-state index in [0.29, 0.717) is 18.8 Å². The molecule has 8 nitrogen and oxygen atoms in total. The van der Waals surface area contributed by atoms with Crippen molar-refractivity contribution in [1.29, 1.82) is 0 Å². The van der Waals surface area contributed by atoms with E-state index in [9.17, 15) is 14.4 Å². The van der Waals surface area contributed by atoms with Crippen LogP contribution in [0.4, 0.5) is 0 Å². The SMILES string of the molecule is CCOC(=O)[C@H]1[C@@H](C)[C@@H]2C[C@H](OCC)OC=C2C2=C(C)CSC3(C(=O)OC(C)(C)OC3=O)[C@@H]21. The van der Waals surface area contributed by atoms with Crippen molar-refractivity contribution in [1.82, 2.24) is 0 Å². The Hall–Kier alpha value is -2.00. The summed E-state index contributed by atoms with van der Waals surface area (Å²) in [5, 5.41) is 0. The fourth-order valence-corrected chi connectivity index (χ4v) is 6.98. The van der Waals surface area contributed by atoms with Crippen LogP contribution in [0.5, 0.6) is 0 Å². The Morgan fingerprint density at radius 1 is 1.18 bits per heavy atom. The topological polar surface area (TPSA) is 97.4 Å². The Labute approximate surface area is 198 Å². The summed E-state index contributed by atoms with van der Waals surface area (Å²) in [5.41, 5.74) is 2.71. The summed E-state index contributed by atoms with van der Waals surface area (Å²) < 4.78 is 26.5. The van der Waals surface area contributed by atoms with Crippen LogP contribution in [0.3, 0.4) is 0 Å². The first-order valence-electron chi connectivity index (χ1n) is 11.5. The maximum Gasteiger partial charge on any atom is 0.337 e. The number of hydrogen-bond acceptors (Lipinski definition) is 9. The van der Waals surface area contributed by atoms with Crippen LogP contribution in [0.25, 0.3) is 0 Å². The average molecular weight is 481 g/mol. The van der Waals surface area contributed by atoms with Gasteiger partial charge in [-0.3, -0.25) is 4.79 Å². The molecule has 0 amide bonds. The third-order valence-electron chi connectivity index (χ3n) is 6.98. The number of carbonyl (C=O) groups is 3. The van der Waals surface area contributed by atoms with Crippen molar-refractivity contribution in [2.45, 2.75) is 64.8 Å². The lowest BCUT2D eigenvalue weighted by atomic mass is 9.57. The molecule has 1 spiro atoms. The number of fused-ring (bicyclic) bond motifs is 4. The van der Waals surface area contributed by atoms with Gasteiger partial charge in [-0.15, -0.1) is 11.8 Å². The molecule has 182 valence electrons. The summed E-state index contributed by atoms with van der Waals surface area (Å²) in [4.78, 5) is 40.4. The van der Waals surface area contributed by atoms with Gasteiger partial charge in [-0.2, -0.15) is 0 Å². The predicted octanol–water partition coefficient (Wildman–Crippen LogP) is 3.35. The third-order valence-corrected chi connectivity index (χ3v) is 8.60. The molecule has 0 aromatic carbocycles. The second-order valence-electron chi connectivity index (χ2n) is 9.45. The molecule has 3 heterocycles. The van der Waals surface area contributed by atoms with Gasteiger partial charge in [0.2, 0.25) is 4.75 Å². The van der Waals surface area contributed by atoms with Crippen LogP contribution in [-0.4, -0.2) is 53.7 Å². The molecule has 1 aliphatic carbocycles. The van der Waals surface area contributed by atoms with Crippen LogP contribution < -0.4 is 0 Å². The zero-order chi connectivity index (χ0) is 24.1. The molecule has 9 heteroatoms. The highest BCUT2D eigenvalue weighted by Gasteiger charge is 2.69. The molecular formula is C24H32O8S. The number of carbonyl (C=O) groups excluding carboxylic acids is 3. The molecular weight excluding hydrogens is 448 g/mol. The van der Waals surface area contributed by atoms with E-state index in [1.807, 2.05) is 20.8 Å². The number of rotatable bonds is 4. The summed E-state index contributed by atoms with van der Waals surface area (Å²) in [6.45, 7) is 11.3. The van der Waals surface area contributed by atoms with Crippen LogP contribution in [0.1, 0.15) is 48.0 Å². The first-order chi connectivity index (χ1) is 15.6. The van der Waals surface area contributed by atoms with Gasteiger partial charge in [-0.25, -0.2) is 9.59 Å². The maximum absolute atomic E-state index is 13.5. The number of thioether (sulfide) groups is 1. The van der Waals surface area contributed by atoms with Gasteiger partial charge in [0.25, 0.3) is 5.79 Å². The molecule has 0 aromatic heterocycles. The molecule has 3 aliphatic heterocycles. The predicted molar refractivity (Wildman–Crippen MR) is 120 cm³/mol. The number of ether oxygens (including phenoxy) is 5. The number of allylic oxidation sites excluding steroid dienone is 2. The zero-order valence-corrected chi connectivity index (χ0v) is 20.8. The lowest BCUT2D eigenvalue weighted by Gasteiger charge is -2.54. The molecule has 0 unspecified atom stereocenters. The van der Waals surface area contributed by atoms with Crippen molar-refractivity contribution < 1.29 is 38.1 Å². The highest BCUT2D eigenvalue weighted by molar-refractivity contribution is 8.02. The molecule has 5 atom stereocenters. The van der Waals surface area contributed by atoms with Gasteiger partial charge in [-0.1, -0.05) is 12.5 Å². The van der Waals surface area contributed by atoms with E-state index in [4.69, 9.17) is 23.7 Å². The van der Waals surface area contributed by atoms with E-state index in [1.54, 1.807) is 13.2 Å². The second-order valence-corrected chi connectivity index (χ2v) is 10.7. The summed E-state index contributed by atoms with van der Waals surface area (Å²) in [7, 11) is 0. The van der Waals surface area contributed by atoms with Gasteiger partial charge in [0, 0.05) is 38.5 Å². The molecule has 0 bridgehead atoms. The molecule has 33 heavy (non-hydrogen) atoms. The Balaban J connectivity index is 1.89. The maximum atomic E-state index is 13.5. The molecule has 1 saturated heterocycles. The molecule has 0 N–H and O–H groups in total. The molecule has 4 rings (SSSR count). The molecule has 4 aliphatic rings. The summed E-state index contributed by atoms with van der Waals surface area (Å²) in [5.74, 6) is -4.49. The Kier molecular flexibility index (Phi) is 6.33. The number of cyclic esters (lactones) is 2. The van der Waals surface area contributed by atoms with Crippen molar-refractivity contribution in [3.63, 3.8) is 0 Å². The average Bonchev–Trinajstić information content (AvgIpc) is 2.73. The monoisotopic (exact) mass is 480 g/mol. The Morgan fingerprint density at radius 2 is 1.85 bits per heavy atom. The van der Waals surface area contributed by atoms with Gasteiger partial charge in [0.1, 0.15) is 0 Å². The van der Waals surface area contributed by atoms with Crippen LogP contribution >= 0.6 is 11.8 Å². The minimum atomic E-state index is -1.68. The number of hydrogen-bond donors (Lipinski definition) is 0. The summed E-state index contributed by atoms with van der Waals surface area (Å²) in [6.07, 6.45) is 1.84. The first-order valence-corrected chi connectivity index (χ1v) is 12.5. The fraction of sp³-hybridized carbons (Fsp3) is 0.708. The first kappa shape index (κ1) is 24.1. The summed E-state index contributed by atoms with van der Waals surface area (Å²) >= 11 is 1.18. The largest absolute Gasteiger partial charge is 0.472 e.